The molecule has 2 rings (SSSR count). The van der Waals surface area contributed by atoms with E-state index in [4.69, 9.17) is 11.6 Å². The van der Waals surface area contributed by atoms with Crippen molar-refractivity contribution in [3.8, 4) is 0 Å². The average molecular weight is 370 g/mol. The zero-order valence-corrected chi connectivity index (χ0v) is 16.2. The molecule has 1 aromatic carbocycles. The Morgan fingerprint density at radius 2 is 2.12 bits per heavy atom. The number of urea groups is 1. The van der Waals surface area contributed by atoms with Gasteiger partial charge in [-0.2, -0.15) is 0 Å². The molecule has 0 aromatic heterocycles. The number of hydrogen-bond donors (Lipinski definition) is 1. The van der Waals surface area contributed by atoms with Crippen molar-refractivity contribution in [1.82, 2.24) is 15.1 Å². The minimum Gasteiger partial charge on any atom is -0.337 e. The smallest absolute Gasteiger partial charge is 0.317 e. The number of carbonyl (C=O) groups excluding carboxylic acids is 1. The number of rotatable bonds is 7. The Hall–Kier alpha value is -0.910. The minimum absolute atomic E-state index is 0.0617. The number of hydrogen-bond acceptors (Lipinski definition) is 3. The Bertz CT molecular complexity index is 525. The van der Waals surface area contributed by atoms with Gasteiger partial charge in [0.1, 0.15) is 0 Å². The molecule has 0 radical (unpaired) electrons. The minimum atomic E-state index is 0.0617. The number of benzene rings is 1. The molecule has 1 aliphatic rings. The van der Waals surface area contributed by atoms with E-state index in [9.17, 15) is 4.79 Å². The predicted octanol–water partition coefficient (Wildman–Crippen LogP) is 3.95. The molecule has 1 aromatic rings. The van der Waals surface area contributed by atoms with E-state index in [1.54, 1.807) is 11.8 Å². The van der Waals surface area contributed by atoms with Crippen molar-refractivity contribution in [3.05, 3.63) is 29.3 Å². The molecule has 1 fully saturated rings. The summed E-state index contributed by atoms with van der Waals surface area (Å²) in [5.41, 5.74) is 0. The first kappa shape index (κ1) is 19.4. The Morgan fingerprint density at radius 3 is 2.83 bits per heavy atom. The van der Waals surface area contributed by atoms with Crippen LogP contribution in [-0.4, -0.2) is 60.3 Å². The topological polar surface area (TPSA) is 35.6 Å². The highest BCUT2D eigenvalue weighted by molar-refractivity contribution is 8.00. The van der Waals surface area contributed by atoms with Gasteiger partial charge in [-0.05, 0) is 38.1 Å². The Balaban J connectivity index is 1.79. The highest BCUT2D eigenvalue weighted by Crippen LogP contribution is 2.33. The number of thioether (sulfide) groups is 1. The second kappa shape index (κ2) is 10.2. The fourth-order valence-electron chi connectivity index (χ4n) is 2.91. The highest BCUT2D eigenvalue weighted by Gasteiger charge is 2.24. The van der Waals surface area contributed by atoms with Crippen LogP contribution in [0.3, 0.4) is 0 Å². The van der Waals surface area contributed by atoms with E-state index in [0.717, 1.165) is 55.5 Å². The Kier molecular flexibility index (Phi) is 8.22. The maximum absolute atomic E-state index is 12.4. The first-order valence-corrected chi connectivity index (χ1v) is 10.1. The molecule has 1 atom stereocenters. The van der Waals surface area contributed by atoms with Gasteiger partial charge in [0.05, 0.1) is 5.02 Å². The summed E-state index contributed by atoms with van der Waals surface area (Å²) in [5.74, 6) is 0. The fraction of sp³-hybridized carbons (Fsp3) is 0.611. The third-order valence-electron chi connectivity index (χ3n) is 4.39. The molecule has 1 heterocycles. The summed E-state index contributed by atoms with van der Waals surface area (Å²) in [6.45, 7) is 9.58. The summed E-state index contributed by atoms with van der Waals surface area (Å²) < 4.78 is 0. The van der Waals surface area contributed by atoms with E-state index in [0.29, 0.717) is 11.8 Å². The lowest BCUT2D eigenvalue weighted by atomic mass is 10.1. The van der Waals surface area contributed by atoms with Gasteiger partial charge in [-0.1, -0.05) is 37.6 Å². The summed E-state index contributed by atoms with van der Waals surface area (Å²) in [6, 6.07) is 7.99. The molecule has 0 spiro atoms. The zero-order valence-electron chi connectivity index (χ0n) is 14.6. The largest absolute Gasteiger partial charge is 0.337 e. The van der Waals surface area contributed by atoms with Crippen molar-refractivity contribution in [2.24, 2.45) is 0 Å². The standard InChI is InChI=1S/C18H28ClN3OS/c1-3-21(4-2)13-11-20-18(23)22-12-7-8-15(14-22)24-17-10-6-5-9-16(17)19/h5-6,9-10,15H,3-4,7-8,11-14H2,1-2H3,(H,20,23). The molecule has 4 nitrogen and oxygen atoms in total. The van der Waals surface area contributed by atoms with Crippen LogP contribution < -0.4 is 5.32 Å². The molecule has 2 amide bonds. The van der Waals surface area contributed by atoms with Gasteiger partial charge in [0.25, 0.3) is 0 Å². The molecular formula is C18H28ClN3OS. The van der Waals surface area contributed by atoms with Gasteiger partial charge in [0.2, 0.25) is 0 Å². The average Bonchev–Trinajstić information content (AvgIpc) is 2.61. The summed E-state index contributed by atoms with van der Waals surface area (Å²) in [6.07, 6.45) is 2.17. The zero-order chi connectivity index (χ0) is 17.4. The number of likely N-dealkylation sites (N-methyl/N-ethyl adjacent to an activating group) is 1. The van der Waals surface area contributed by atoms with Crippen LogP contribution in [0.25, 0.3) is 0 Å². The number of amides is 2. The third kappa shape index (κ3) is 5.87. The second-order valence-electron chi connectivity index (χ2n) is 6.02. The Morgan fingerprint density at radius 1 is 1.38 bits per heavy atom. The Labute approximate surface area is 154 Å². The third-order valence-corrected chi connectivity index (χ3v) is 6.16. The lowest BCUT2D eigenvalue weighted by molar-refractivity contribution is 0.186. The van der Waals surface area contributed by atoms with Gasteiger partial charge in [0, 0.05) is 36.3 Å². The monoisotopic (exact) mass is 369 g/mol. The van der Waals surface area contributed by atoms with Crippen molar-refractivity contribution >= 4 is 29.4 Å². The van der Waals surface area contributed by atoms with Gasteiger partial charge >= 0.3 is 6.03 Å². The van der Waals surface area contributed by atoms with E-state index in [-0.39, 0.29) is 6.03 Å². The molecule has 0 bridgehead atoms. The number of halogens is 1. The molecule has 1 saturated heterocycles. The van der Waals surface area contributed by atoms with E-state index >= 15 is 0 Å². The molecule has 6 heteroatoms. The van der Waals surface area contributed by atoms with E-state index in [2.05, 4.69) is 30.1 Å². The van der Waals surface area contributed by atoms with Crippen LogP contribution in [-0.2, 0) is 0 Å². The normalized spacial score (nSPS) is 18.0. The molecule has 0 aliphatic carbocycles. The van der Waals surface area contributed by atoms with Gasteiger partial charge in [-0.15, -0.1) is 11.8 Å². The highest BCUT2D eigenvalue weighted by atomic mass is 35.5. The SMILES string of the molecule is CCN(CC)CCNC(=O)N1CCCC(Sc2ccccc2Cl)C1. The van der Waals surface area contributed by atoms with Crippen LogP contribution in [0, 0.1) is 0 Å². The number of piperidine rings is 1. The lowest BCUT2D eigenvalue weighted by Gasteiger charge is -2.32. The van der Waals surface area contributed by atoms with Gasteiger partial charge in [-0.25, -0.2) is 4.79 Å². The lowest BCUT2D eigenvalue weighted by Crippen LogP contribution is -2.47. The molecule has 24 heavy (non-hydrogen) atoms. The maximum atomic E-state index is 12.4. The summed E-state index contributed by atoms with van der Waals surface area (Å²) in [4.78, 5) is 17.7. The first-order valence-electron chi connectivity index (χ1n) is 8.80. The number of likely N-dealkylation sites (tertiary alicyclic amines) is 1. The van der Waals surface area contributed by atoms with Crippen LogP contribution >= 0.6 is 23.4 Å². The summed E-state index contributed by atoms with van der Waals surface area (Å²) >= 11 is 8.04. The predicted molar refractivity (Wildman–Crippen MR) is 103 cm³/mol. The second-order valence-corrected chi connectivity index (χ2v) is 7.77. The quantitative estimate of drug-likeness (QED) is 0.790. The molecule has 1 N–H and O–H groups in total. The van der Waals surface area contributed by atoms with Gasteiger partial charge in [-0.3, -0.25) is 0 Å². The van der Waals surface area contributed by atoms with Crippen molar-refractivity contribution in [2.75, 3.05) is 39.3 Å². The molecule has 134 valence electrons. The van der Waals surface area contributed by atoms with Crippen LogP contribution in [0.15, 0.2) is 29.2 Å². The van der Waals surface area contributed by atoms with E-state index < -0.39 is 0 Å². The molecule has 1 aliphatic heterocycles. The fourth-order valence-corrected chi connectivity index (χ4v) is 4.42. The maximum Gasteiger partial charge on any atom is 0.317 e. The van der Waals surface area contributed by atoms with Crippen LogP contribution in [0.1, 0.15) is 26.7 Å². The van der Waals surface area contributed by atoms with Gasteiger partial charge < -0.3 is 15.1 Å². The molecular weight excluding hydrogens is 342 g/mol. The van der Waals surface area contributed by atoms with Crippen molar-refractivity contribution in [2.45, 2.75) is 36.8 Å². The summed E-state index contributed by atoms with van der Waals surface area (Å²) in [7, 11) is 0. The summed E-state index contributed by atoms with van der Waals surface area (Å²) in [5, 5.41) is 4.26. The van der Waals surface area contributed by atoms with Crippen LogP contribution in [0.4, 0.5) is 4.79 Å². The van der Waals surface area contributed by atoms with Crippen LogP contribution in [0.5, 0.6) is 0 Å². The van der Waals surface area contributed by atoms with Crippen molar-refractivity contribution in [1.29, 1.82) is 0 Å². The van der Waals surface area contributed by atoms with E-state index in [1.165, 1.54) is 0 Å². The number of nitrogens with one attached hydrogen (secondary N) is 1. The van der Waals surface area contributed by atoms with Crippen molar-refractivity contribution < 1.29 is 4.79 Å². The molecule has 0 saturated carbocycles. The first-order chi connectivity index (χ1) is 11.6. The molecule has 1 unspecified atom stereocenters. The van der Waals surface area contributed by atoms with Crippen molar-refractivity contribution in [3.63, 3.8) is 0 Å². The van der Waals surface area contributed by atoms with Crippen LogP contribution in [0.2, 0.25) is 5.02 Å². The van der Waals surface area contributed by atoms with Gasteiger partial charge in [0.15, 0.2) is 0 Å². The number of nitrogens with zero attached hydrogens (tertiary/aromatic N) is 2. The van der Waals surface area contributed by atoms with E-state index in [1.807, 2.05) is 23.1 Å². The number of carbonyl (C=O) groups is 1.